The first kappa shape index (κ1) is 11.2. The number of hydrogen-bond donors (Lipinski definition) is 1. The lowest BCUT2D eigenvalue weighted by atomic mass is 10.2. The Labute approximate surface area is 97.4 Å². The fourth-order valence-electron chi connectivity index (χ4n) is 1.88. The van der Waals surface area contributed by atoms with Crippen molar-refractivity contribution in [3.63, 3.8) is 0 Å². The average Bonchev–Trinajstić information content (AvgIpc) is 2.61. The summed E-state index contributed by atoms with van der Waals surface area (Å²) in [7, 11) is 0. The van der Waals surface area contributed by atoms with E-state index in [1.165, 1.54) is 12.1 Å². The third-order valence-corrected chi connectivity index (χ3v) is 3.01. The monoisotopic (exact) mass is 243 g/mol. The van der Waals surface area contributed by atoms with Crippen LogP contribution in [-0.4, -0.2) is 29.5 Å². The molecule has 0 saturated carbocycles. The van der Waals surface area contributed by atoms with Crippen LogP contribution in [0.4, 0.5) is 10.1 Å². The number of halogens is 2. The zero-order valence-corrected chi connectivity index (χ0v) is 9.25. The van der Waals surface area contributed by atoms with Gasteiger partial charge in [0.15, 0.2) is 0 Å². The van der Waals surface area contributed by atoms with Crippen LogP contribution in [-0.2, 0) is 11.2 Å². The molecule has 2 rings (SSSR count). The molecule has 1 unspecified atom stereocenters. The van der Waals surface area contributed by atoms with E-state index in [9.17, 15) is 9.18 Å². The van der Waals surface area contributed by atoms with Crippen molar-refractivity contribution in [2.45, 2.75) is 11.8 Å². The highest BCUT2D eigenvalue weighted by atomic mass is 35.5. The minimum Gasteiger partial charge on any atom is -0.480 e. The van der Waals surface area contributed by atoms with Gasteiger partial charge in [-0.05, 0) is 24.1 Å². The quantitative estimate of drug-likeness (QED) is 0.824. The maximum atomic E-state index is 13.1. The Kier molecular flexibility index (Phi) is 3.01. The number of hydrogen-bond acceptors (Lipinski definition) is 2. The lowest BCUT2D eigenvalue weighted by Crippen LogP contribution is -2.32. The van der Waals surface area contributed by atoms with Crippen LogP contribution >= 0.6 is 11.6 Å². The highest BCUT2D eigenvalue weighted by Crippen LogP contribution is 2.29. The molecule has 0 saturated heterocycles. The first-order valence-corrected chi connectivity index (χ1v) is 5.42. The molecule has 1 N–H and O–H groups in total. The molecule has 0 aliphatic carbocycles. The smallest absolute Gasteiger partial charge is 0.323 e. The summed E-state index contributed by atoms with van der Waals surface area (Å²) >= 11 is 5.67. The molecule has 1 aromatic carbocycles. The van der Waals surface area contributed by atoms with Crippen LogP contribution in [0.3, 0.4) is 0 Å². The third kappa shape index (κ3) is 2.11. The summed E-state index contributed by atoms with van der Waals surface area (Å²) in [5.74, 6) is -1.36. The summed E-state index contributed by atoms with van der Waals surface area (Å²) in [5, 5.41) is 7.75. The maximum Gasteiger partial charge on any atom is 0.323 e. The van der Waals surface area contributed by atoms with Gasteiger partial charge in [-0.3, -0.25) is 4.79 Å². The molecular weight excluding hydrogens is 233 g/mol. The Hall–Kier alpha value is -1.29. The SMILES string of the molecule is O=C(O)C(Cl)CN1CCc2ccc(F)cc21. The number of nitrogens with zero attached hydrogens (tertiary/aromatic N) is 1. The van der Waals surface area contributed by atoms with Crippen molar-refractivity contribution in [2.24, 2.45) is 0 Å². The van der Waals surface area contributed by atoms with Gasteiger partial charge in [0.2, 0.25) is 0 Å². The molecular formula is C11H11ClFNO2. The molecule has 0 amide bonds. The summed E-state index contributed by atoms with van der Waals surface area (Å²) < 4.78 is 13.1. The second-order valence-electron chi connectivity index (χ2n) is 3.77. The molecule has 16 heavy (non-hydrogen) atoms. The lowest BCUT2D eigenvalue weighted by Gasteiger charge is -2.20. The fraction of sp³-hybridized carbons (Fsp3) is 0.364. The van der Waals surface area contributed by atoms with E-state index in [1.807, 2.05) is 4.90 Å². The number of carboxylic acids is 1. The van der Waals surface area contributed by atoms with Gasteiger partial charge in [-0.1, -0.05) is 6.07 Å². The van der Waals surface area contributed by atoms with E-state index in [-0.39, 0.29) is 12.4 Å². The van der Waals surface area contributed by atoms with Gasteiger partial charge in [-0.25, -0.2) is 4.39 Å². The third-order valence-electron chi connectivity index (χ3n) is 2.69. The topological polar surface area (TPSA) is 40.5 Å². The molecule has 1 heterocycles. The minimum absolute atomic E-state index is 0.202. The van der Waals surface area contributed by atoms with E-state index in [1.54, 1.807) is 6.07 Å². The highest BCUT2D eigenvalue weighted by Gasteiger charge is 2.24. The summed E-state index contributed by atoms with van der Waals surface area (Å²) in [6.45, 7) is 0.891. The van der Waals surface area contributed by atoms with Gasteiger partial charge in [-0.2, -0.15) is 0 Å². The van der Waals surface area contributed by atoms with Gasteiger partial charge in [0.25, 0.3) is 0 Å². The zero-order valence-electron chi connectivity index (χ0n) is 8.49. The average molecular weight is 244 g/mol. The Bertz CT molecular complexity index is 424. The molecule has 1 aliphatic rings. The van der Waals surface area contributed by atoms with Crippen molar-refractivity contribution in [3.8, 4) is 0 Å². The van der Waals surface area contributed by atoms with E-state index in [0.717, 1.165) is 17.7 Å². The normalized spacial score (nSPS) is 16.0. The number of aliphatic carboxylic acids is 1. The van der Waals surface area contributed by atoms with Gasteiger partial charge in [0.1, 0.15) is 11.2 Å². The summed E-state index contributed by atoms with van der Waals surface area (Å²) in [5.41, 5.74) is 1.79. The maximum absolute atomic E-state index is 13.1. The van der Waals surface area contributed by atoms with Crippen molar-refractivity contribution in [1.82, 2.24) is 0 Å². The van der Waals surface area contributed by atoms with Crippen molar-refractivity contribution < 1.29 is 14.3 Å². The van der Waals surface area contributed by atoms with Gasteiger partial charge in [0.05, 0.1) is 0 Å². The molecule has 5 heteroatoms. The van der Waals surface area contributed by atoms with Gasteiger partial charge < -0.3 is 10.0 Å². The molecule has 1 aliphatic heterocycles. The number of carboxylic acid groups (broad SMARTS) is 1. The molecule has 3 nitrogen and oxygen atoms in total. The first-order chi connectivity index (χ1) is 7.58. The molecule has 0 aromatic heterocycles. The Morgan fingerprint density at radius 3 is 3.06 bits per heavy atom. The minimum atomic E-state index is -1.05. The van der Waals surface area contributed by atoms with Crippen LogP contribution in [0, 0.1) is 5.82 Å². The molecule has 0 bridgehead atoms. The number of fused-ring (bicyclic) bond motifs is 1. The predicted octanol–water partition coefficient (Wildman–Crippen LogP) is 1.88. The fourth-order valence-corrected chi connectivity index (χ4v) is 2.05. The number of rotatable bonds is 3. The lowest BCUT2D eigenvalue weighted by molar-refractivity contribution is -0.136. The van der Waals surface area contributed by atoms with Crippen LogP contribution in [0.2, 0.25) is 0 Å². The second kappa shape index (κ2) is 4.29. The van der Waals surface area contributed by atoms with Crippen LogP contribution in [0.25, 0.3) is 0 Å². The number of benzene rings is 1. The highest BCUT2D eigenvalue weighted by molar-refractivity contribution is 6.30. The summed E-state index contributed by atoms with van der Waals surface area (Å²) in [4.78, 5) is 12.4. The number of alkyl halides is 1. The number of anilines is 1. The molecule has 0 radical (unpaired) electrons. The summed E-state index contributed by atoms with van der Waals surface area (Å²) in [6.07, 6.45) is 0.804. The van der Waals surface area contributed by atoms with Crippen LogP contribution in [0.15, 0.2) is 18.2 Å². The van der Waals surface area contributed by atoms with Crippen LogP contribution < -0.4 is 4.90 Å². The van der Waals surface area contributed by atoms with Crippen molar-refractivity contribution in [1.29, 1.82) is 0 Å². The molecule has 0 fully saturated rings. The van der Waals surface area contributed by atoms with Crippen molar-refractivity contribution in [3.05, 3.63) is 29.6 Å². The van der Waals surface area contributed by atoms with Gasteiger partial charge in [-0.15, -0.1) is 11.6 Å². The van der Waals surface area contributed by atoms with E-state index >= 15 is 0 Å². The Morgan fingerprint density at radius 1 is 1.62 bits per heavy atom. The van der Waals surface area contributed by atoms with E-state index in [0.29, 0.717) is 6.54 Å². The van der Waals surface area contributed by atoms with E-state index < -0.39 is 11.3 Å². The standard InChI is InChI=1S/C11H11ClFNO2/c12-9(11(15)16)6-14-4-3-7-1-2-8(13)5-10(7)14/h1-2,5,9H,3-4,6H2,(H,15,16). The van der Waals surface area contributed by atoms with E-state index in [4.69, 9.17) is 16.7 Å². The summed E-state index contributed by atoms with van der Waals surface area (Å²) in [6, 6.07) is 4.57. The predicted molar refractivity (Wildman–Crippen MR) is 59.6 cm³/mol. The first-order valence-electron chi connectivity index (χ1n) is 4.98. The van der Waals surface area contributed by atoms with Crippen LogP contribution in [0.5, 0.6) is 0 Å². The largest absolute Gasteiger partial charge is 0.480 e. The van der Waals surface area contributed by atoms with Crippen molar-refractivity contribution in [2.75, 3.05) is 18.0 Å². The van der Waals surface area contributed by atoms with Crippen LogP contribution in [0.1, 0.15) is 5.56 Å². The molecule has 1 aromatic rings. The molecule has 86 valence electrons. The second-order valence-corrected chi connectivity index (χ2v) is 4.30. The molecule has 1 atom stereocenters. The van der Waals surface area contributed by atoms with Gasteiger partial charge in [0, 0.05) is 18.8 Å². The Balaban J connectivity index is 2.17. The Morgan fingerprint density at radius 2 is 2.38 bits per heavy atom. The van der Waals surface area contributed by atoms with E-state index in [2.05, 4.69) is 0 Å². The van der Waals surface area contributed by atoms with Gasteiger partial charge >= 0.3 is 5.97 Å². The molecule has 0 spiro atoms. The zero-order chi connectivity index (χ0) is 11.7. The van der Waals surface area contributed by atoms with Crippen molar-refractivity contribution >= 4 is 23.3 Å². The number of carbonyl (C=O) groups is 1.